The Kier molecular flexibility index (Phi) is 5.56. The van der Waals surface area contributed by atoms with E-state index < -0.39 is 17.6 Å². The fourth-order valence-corrected chi connectivity index (χ4v) is 1.74. The van der Waals surface area contributed by atoms with Crippen LogP contribution in [0.15, 0.2) is 0 Å². The summed E-state index contributed by atoms with van der Waals surface area (Å²) in [5.41, 5.74) is -1.94. The van der Waals surface area contributed by atoms with Crippen molar-refractivity contribution < 1.29 is 19.8 Å². The van der Waals surface area contributed by atoms with Crippen molar-refractivity contribution in [2.75, 3.05) is 26.2 Å². The molecule has 0 aliphatic heterocycles. The number of carbonyl (C=O) groups is 2. The zero-order valence-electron chi connectivity index (χ0n) is 11.5. The molecule has 0 aromatic heterocycles. The number of rotatable bonds is 8. The Hall–Kier alpha value is -1.34. The summed E-state index contributed by atoms with van der Waals surface area (Å²) in [6.07, 6.45) is 2.45. The Morgan fingerprint density at radius 1 is 1.37 bits per heavy atom. The number of urea groups is 1. The summed E-state index contributed by atoms with van der Waals surface area (Å²) >= 11 is 0. The zero-order valence-corrected chi connectivity index (χ0v) is 11.5. The molecule has 1 aliphatic carbocycles. The molecule has 0 aromatic rings. The van der Waals surface area contributed by atoms with Gasteiger partial charge in [-0.05, 0) is 26.3 Å². The fourth-order valence-electron chi connectivity index (χ4n) is 1.74. The zero-order chi connectivity index (χ0) is 14.5. The van der Waals surface area contributed by atoms with E-state index in [2.05, 4.69) is 22.5 Å². The highest BCUT2D eigenvalue weighted by molar-refractivity contribution is 5.79. The predicted octanol–water partition coefficient (Wildman–Crippen LogP) is -0.394. The average molecular weight is 273 g/mol. The minimum Gasteiger partial charge on any atom is -0.479 e. The van der Waals surface area contributed by atoms with Crippen molar-refractivity contribution in [3.63, 3.8) is 0 Å². The van der Waals surface area contributed by atoms with Crippen LogP contribution in [-0.4, -0.2) is 64.9 Å². The summed E-state index contributed by atoms with van der Waals surface area (Å²) < 4.78 is 0. The first-order valence-corrected chi connectivity index (χ1v) is 6.58. The van der Waals surface area contributed by atoms with Crippen molar-refractivity contribution >= 4 is 12.0 Å². The fraction of sp³-hybridized carbons (Fsp3) is 0.833. The van der Waals surface area contributed by atoms with Crippen LogP contribution in [0.1, 0.15) is 26.7 Å². The second-order valence-corrected chi connectivity index (χ2v) is 5.05. The number of likely N-dealkylation sites (N-methyl/N-ethyl adjacent to an activating group) is 1. The van der Waals surface area contributed by atoms with Gasteiger partial charge >= 0.3 is 12.0 Å². The highest BCUT2D eigenvalue weighted by Crippen LogP contribution is 2.25. The van der Waals surface area contributed by atoms with E-state index in [0.29, 0.717) is 12.6 Å². The Balaban J connectivity index is 2.15. The van der Waals surface area contributed by atoms with Gasteiger partial charge in [-0.2, -0.15) is 0 Å². The molecule has 1 saturated carbocycles. The van der Waals surface area contributed by atoms with Crippen molar-refractivity contribution in [2.24, 2.45) is 0 Å². The number of amides is 2. The second kappa shape index (κ2) is 6.72. The molecule has 7 heteroatoms. The third-order valence-electron chi connectivity index (χ3n) is 3.21. The molecule has 1 fully saturated rings. The number of aliphatic hydroxyl groups is 1. The van der Waals surface area contributed by atoms with E-state index in [-0.39, 0.29) is 6.54 Å². The van der Waals surface area contributed by atoms with Crippen LogP contribution in [-0.2, 0) is 4.79 Å². The highest BCUT2D eigenvalue weighted by Gasteiger charge is 2.30. The lowest BCUT2D eigenvalue weighted by molar-refractivity contribution is -0.155. The first-order chi connectivity index (χ1) is 8.86. The Morgan fingerprint density at radius 3 is 2.47 bits per heavy atom. The number of nitrogens with one attached hydrogen (secondary N) is 2. The van der Waals surface area contributed by atoms with E-state index in [4.69, 9.17) is 5.11 Å². The van der Waals surface area contributed by atoms with Gasteiger partial charge in [0.1, 0.15) is 0 Å². The molecule has 0 heterocycles. The first kappa shape index (κ1) is 15.7. The van der Waals surface area contributed by atoms with Crippen molar-refractivity contribution in [3.8, 4) is 0 Å². The molecule has 0 saturated heterocycles. The van der Waals surface area contributed by atoms with E-state index in [0.717, 1.165) is 20.0 Å². The minimum atomic E-state index is -1.94. The van der Waals surface area contributed by atoms with Crippen LogP contribution in [0.25, 0.3) is 0 Å². The summed E-state index contributed by atoms with van der Waals surface area (Å²) in [6, 6.07) is 0.191. The van der Waals surface area contributed by atoms with Crippen LogP contribution < -0.4 is 10.6 Å². The maximum Gasteiger partial charge on any atom is 0.337 e. The van der Waals surface area contributed by atoms with E-state index in [1.807, 2.05) is 0 Å². The summed E-state index contributed by atoms with van der Waals surface area (Å²) in [4.78, 5) is 24.4. The number of hydrogen-bond acceptors (Lipinski definition) is 4. The summed E-state index contributed by atoms with van der Waals surface area (Å²) in [7, 11) is 0. The van der Waals surface area contributed by atoms with Crippen molar-refractivity contribution in [1.29, 1.82) is 0 Å². The Labute approximate surface area is 113 Å². The minimum absolute atomic E-state index is 0.325. The van der Waals surface area contributed by atoms with Gasteiger partial charge in [0.25, 0.3) is 0 Å². The summed E-state index contributed by atoms with van der Waals surface area (Å²) in [5.74, 6) is -1.36. The molecule has 0 bridgehead atoms. The average Bonchev–Trinajstić information content (AvgIpc) is 3.16. The molecule has 4 N–H and O–H groups in total. The lowest BCUT2D eigenvalue weighted by atomic mass is 10.1. The summed E-state index contributed by atoms with van der Waals surface area (Å²) in [6.45, 7) is 5.15. The van der Waals surface area contributed by atoms with Crippen LogP contribution in [0.4, 0.5) is 4.79 Å². The normalized spacial score (nSPS) is 17.9. The molecule has 0 aromatic carbocycles. The van der Waals surface area contributed by atoms with E-state index in [1.165, 1.54) is 12.8 Å². The van der Waals surface area contributed by atoms with Gasteiger partial charge in [0, 0.05) is 19.1 Å². The third-order valence-corrected chi connectivity index (χ3v) is 3.21. The molecule has 1 aliphatic rings. The molecule has 1 unspecified atom stereocenters. The molecule has 1 rings (SSSR count). The van der Waals surface area contributed by atoms with Crippen molar-refractivity contribution in [2.45, 2.75) is 38.3 Å². The molecule has 7 nitrogen and oxygen atoms in total. The second-order valence-electron chi connectivity index (χ2n) is 5.05. The van der Waals surface area contributed by atoms with Crippen LogP contribution in [0.2, 0.25) is 0 Å². The highest BCUT2D eigenvalue weighted by atomic mass is 16.4. The summed E-state index contributed by atoms with van der Waals surface area (Å²) in [5, 5.41) is 23.1. The van der Waals surface area contributed by atoms with Gasteiger partial charge in [-0.15, -0.1) is 0 Å². The smallest absolute Gasteiger partial charge is 0.337 e. The Bertz CT molecular complexity index is 329. The number of aliphatic carboxylic acids is 1. The van der Waals surface area contributed by atoms with Gasteiger partial charge in [0.05, 0.1) is 6.54 Å². The molecule has 110 valence electrons. The van der Waals surface area contributed by atoms with Gasteiger partial charge in [0.2, 0.25) is 0 Å². The van der Waals surface area contributed by atoms with Gasteiger partial charge in [-0.1, -0.05) is 6.92 Å². The number of carboxylic acid groups (broad SMARTS) is 1. The van der Waals surface area contributed by atoms with E-state index in [9.17, 15) is 14.7 Å². The Morgan fingerprint density at radius 2 is 2.00 bits per heavy atom. The third kappa shape index (κ3) is 5.44. The molecular formula is C12H23N3O4. The number of hydrogen-bond donors (Lipinski definition) is 4. The van der Waals surface area contributed by atoms with Crippen LogP contribution in [0.3, 0.4) is 0 Å². The molecule has 0 radical (unpaired) electrons. The van der Waals surface area contributed by atoms with Gasteiger partial charge in [0.15, 0.2) is 5.60 Å². The van der Waals surface area contributed by atoms with Crippen LogP contribution in [0.5, 0.6) is 0 Å². The molecule has 1 atom stereocenters. The quantitative estimate of drug-likeness (QED) is 0.482. The SMILES string of the molecule is CCN(CCNC(=O)NCC(C)(O)C(=O)O)C1CC1. The maximum atomic E-state index is 11.4. The standard InChI is InChI=1S/C12H23N3O4/c1-3-15(9-4-5-9)7-6-13-11(18)14-8-12(2,19)10(16)17/h9,19H,3-8H2,1-2H3,(H,16,17)(H2,13,14,18). The van der Waals surface area contributed by atoms with E-state index >= 15 is 0 Å². The van der Waals surface area contributed by atoms with E-state index in [1.54, 1.807) is 0 Å². The number of carboxylic acids is 1. The van der Waals surface area contributed by atoms with Crippen LogP contribution in [0, 0.1) is 0 Å². The topological polar surface area (TPSA) is 102 Å². The van der Waals surface area contributed by atoms with Crippen LogP contribution >= 0.6 is 0 Å². The molecule has 19 heavy (non-hydrogen) atoms. The predicted molar refractivity (Wildman–Crippen MR) is 69.9 cm³/mol. The lowest BCUT2D eigenvalue weighted by Crippen LogP contribution is -2.50. The lowest BCUT2D eigenvalue weighted by Gasteiger charge is -2.21. The molecule has 0 spiro atoms. The first-order valence-electron chi connectivity index (χ1n) is 6.58. The maximum absolute atomic E-state index is 11.4. The van der Waals surface area contributed by atoms with Gasteiger partial charge in [-0.3, -0.25) is 4.90 Å². The van der Waals surface area contributed by atoms with Crippen molar-refractivity contribution in [1.82, 2.24) is 15.5 Å². The monoisotopic (exact) mass is 273 g/mol. The van der Waals surface area contributed by atoms with Gasteiger partial charge < -0.3 is 20.8 Å². The van der Waals surface area contributed by atoms with Crippen molar-refractivity contribution in [3.05, 3.63) is 0 Å². The largest absolute Gasteiger partial charge is 0.479 e. The molecule has 2 amide bonds. The molecular weight excluding hydrogens is 250 g/mol. The number of nitrogens with zero attached hydrogens (tertiary/aromatic N) is 1. The van der Waals surface area contributed by atoms with Gasteiger partial charge in [-0.25, -0.2) is 9.59 Å². The number of carbonyl (C=O) groups excluding carboxylic acids is 1.